The number of carbonyl (C=O) groups excluding carboxylic acids is 1. The highest BCUT2D eigenvalue weighted by atomic mass is 16.2. The second-order valence-electron chi connectivity index (χ2n) is 6.48. The van der Waals surface area contributed by atoms with Gasteiger partial charge in [0.1, 0.15) is 0 Å². The highest BCUT2D eigenvalue weighted by molar-refractivity contribution is 5.95. The van der Waals surface area contributed by atoms with Gasteiger partial charge in [-0.05, 0) is 28.8 Å². The number of fused-ring (bicyclic) bond motifs is 1. The lowest BCUT2D eigenvalue weighted by molar-refractivity contribution is 0.0789. The van der Waals surface area contributed by atoms with Crippen LogP contribution < -0.4 is 11.1 Å². The third-order valence-electron chi connectivity index (χ3n) is 4.96. The summed E-state index contributed by atoms with van der Waals surface area (Å²) in [6.45, 7) is 3.06. The smallest absolute Gasteiger partial charge is 0.253 e. The Balaban J connectivity index is 1.54. The van der Waals surface area contributed by atoms with Gasteiger partial charge in [-0.1, -0.05) is 36.4 Å². The van der Waals surface area contributed by atoms with Crippen LogP contribution in [0.25, 0.3) is 0 Å². The number of benzene rings is 2. The predicted molar refractivity (Wildman–Crippen MR) is 90.0 cm³/mol. The molecular weight excluding hydrogens is 286 g/mol. The summed E-state index contributed by atoms with van der Waals surface area (Å²) < 4.78 is 0. The van der Waals surface area contributed by atoms with Crippen molar-refractivity contribution < 1.29 is 4.79 Å². The van der Waals surface area contributed by atoms with Crippen LogP contribution in [0.1, 0.15) is 33.0 Å². The molecule has 0 bridgehead atoms. The van der Waals surface area contributed by atoms with Gasteiger partial charge >= 0.3 is 0 Å². The lowest BCUT2D eigenvalue weighted by Gasteiger charge is -2.17. The normalized spacial score (nSPS) is 23.1. The third kappa shape index (κ3) is 2.64. The van der Waals surface area contributed by atoms with E-state index in [4.69, 9.17) is 5.73 Å². The molecule has 118 valence electrons. The molecule has 2 aliphatic heterocycles. The molecule has 2 aromatic rings. The SMILES string of the molecule is N[C@@H]1CN(C(=O)c2ccc3c(c2)CNC3)C[C@H]1c1ccccc1. The summed E-state index contributed by atoms with van der Waals surface area (Å²) in [5.74, 6) is 0.310. The molecule has 4 nitrogen and oxygen atoms in total. The van der Waals surface area contributed by atoms with E-state index < -0.39 is 0 Å². The van der Waals surface area contributed by atoms with Crippen LogP contribution in [0.3, 0.4) is 0 Å². The molecule has 2 atom stereocenters. The van der Waals surface area contributed by atoms with E-state index in [0.717, 1.165) is 18.7 Å². The number of nitrogens with one attached hydrogen (secondary N) is 1. The maximum atomic E-state index is 12.8. The maximum absolute atomic E-state index is 12.8. The van der Waals surface area contributed by atoms with Crippen molar-refractivity contribution in [1.82, 2.24) is 10.2 Å². The summed E-state index contributed by atoms with van der Waals surface area (Å²) in [6, 6.07) is 16.3. The van der Waals surface area contributed by atoms with Crippen LogP contribution >= 0.6 is 0 Å². The van der Waals surface area contributed by atoms with Crippen LogP contribution in [0.2, 0.25) is 0 Å². The Morgan fingerprint density at radius 3 is 2.65 bits per heavy atom. The summed E-state index contributed by atoms with van der Waals surface area (Å²) in [7, 11) is 0. The van der Waals surface area contributed by atoms with Crippen LogP contribution in [-0.4, -0.2) is 29.9 Å². The molecule has 3 N–H and O–H groups in total. The molecule has 0 unspecified atom stereocenters. The van der Waals surface area contributed by atoms with Crippen molar-refractivity contribution in [3.05, 3.63) is 70.8 Å². The van der Waals surface area contributed by atoms with E-state index in [1.54, 1.807) is 0 Å². The fourth-order valence-electron chi connectivity index (χ4n) is 3.66. The van der Waals surface area contributed by atoms with E-state index >= 15 is 0 Å². The van der Waals surface area contributed by atoms with Gasteiger partial charge in [0.05, 0.1) is 0 Å². The molecule has 2 aromatic carbocycles. The van der Waals surface area contributed by atoms with Gasteiger partial charge in [0.15, 0.2) is 0 Å². The van der Waals surface area contributed by atoms with Crippen molar-refractivity contribution in [2.24, 2.45) is 5.73 Å². The zero-order valence-corrected chi connectivity index (χ0v) is 13.0. The van der Waals surface area contributed by atoms with E-state index in [0.29, 0.717) is 13.1 Å². The fourth-order valence-corrected chi connectivity index (χ4v) is 3.66. The first-order chi connectivity index (χ1) is 11.2. The van der Waals surface area contributed by atoms with Gasteiger partial charge < -0.3 is 16.0 Å². The number of hydrogen-bond donors (Lipinski definition) is 2. The molecule has 1 amide bonds. The van der Waals surface area contributed by atoms with Gasteiger partial charge in [0, 0.05) is 43.7 Å². The minimum atomic E-state index is -0.00237. The Morgan fingerprint density at radius 1 is 1.04 bits per heavy atom. The molecule has 0 aromatic heterocycles. The first-order valence-corrected chi connectivity index (χ1v) is 8.14. The van der Waals surface area contributed by atoms with Gasteiger partial charge in [-0.2, -0.15) is 0 Å². The third-order valence-corrected chi connectivity index (χ3v) is 4.96. The van der Waals surface area contributed by atoms with Crippen molar-refractivity contribution in [2.75, 3.05) is 13.1 Å². The monoisotopic (exact) mass is 307 g/mol. The summed E-state index contributed by atoms with van der Waals surface area (Å²) in [5.41, 5.74) is 10.8. The Kier molecular flexibility index (Phi) is 3.63. The van der Waals surface area contributed by atoms with Crippen molar-refractivity contribution in [3.63, 3.8) is 0 Å². The zero-order valence-electron chi connectivity index (χ0n) is 13.0. The minimum Gasteiger partial charge on any atom is -0.336 e. The van der Waals surface area contributed by atoms with E-state index in [9.17, 15) is 4.79 Å². The average molecular weight is 307 g/mol. The molecule has 2 aliphatic rings. The van der Waals surface area contributed by atoms with Crippen LogP contribution in [0, 0.1) is 0 Å². The fraction of sp³-hybridized carbons (Fsp3) is 0.316. The van der Waals surface area contributed by atoms with Crippen molar-refractivity contribution in [2.45, 2.75) is 25.0 Å². The Morgan fingerprint density at radius 2 is 1.83 bits per heavy atom. The quantitative estimate of drug-likeness (QED) is 0.890. The molecule has 0 saturated carbocycles. The van der Waals surface area contributed by atoms with E-state index in [1.807, 2.05) is 35.2 Å². The highest BCUT2D eigenvalue weighted by Crippen LogP contribution is 2.28. The zero-order chi connectivity index (χ0) is 15.8. The largest absolute Gasteiger partial charge is 0.336 e. The Labute approximate surface area is 136 Å². The Bertz CT molecular complexity index is 729. The van der Waals surface area contributed by atoms with Crippen LogP contribution in [-0.2, 0) is 13.1 Å². The first-order valence-electron chi connectivity index (χ1n) is 8.14. The molecule has 23 heavy (non-hydrogen) atoms. The van der Waals surface area contributed by atoms with Gasteiger partial charge in [0.25, 0.3) is 5.91 Å². The van der Waals surface area contributed by atoms with Crippen LogP contribution in [0.15, 0.2) is 48.5 Å². The minimum absolute atomic E-state index is 0.00237. The van der Waals surface area contributed by atoms with Gasteiger partial charge in [-0.25, -0.2) is 0 Å². The summed E-state index contributed by atoms with van der Waals surface area (Å²) in [5, 5.41) is 3.31. The molecule has 2 heterocycles. The molecule has 4 rings (SSSR count). The number of hydrogen-bond acceptors (Lipinski definition) is 3. The molecule has 0 radical (unpaired) electrons. The van der Waals surface area contributed by atoms with Gasteiger partial charge in [-0.3, -0.25) is 4.79 Å². The molecule has 0 aliphatic carbocycles. The van der Waals surface area contributed by atoms with Crippen molar-refractivity contribution in [1.29, 1.82) is 0 Å². The number of rotatable bonds is 2. The number of carbonyl (C=O) groups is 1. The van der Waals surface area contributed by atoms with E-state index in [-0.39, 0.29) is 17.9 Å². The summed E-state index contributed by atoms with van der Waals surface area (Å²) >= 11 is 0. The molecule has 1 saturated heterocycles. The lowest BCUT2D eigenvalue weighted by atomic mass is 9.95. The van der Waals surface area contributed by atoms with E-state index in [2.05, 4.69) is 23.5 Å². The lowest BCUT2D eigenvalue weighted by Crippen LogP contribution is -2.32. The first kappa shape index (κ1) is 14.4. The average Bonchev–Trinajstić information content (AvgIpc) is 3.20. The number of amides is 1. The summed E-state index contributed by atoms with van der Waals surface area (Å²) in [6.07, 6.45) is 0. The highest BCUT2D eigenvalue weighted by Gasteiger charge is 2.34. The number of nitrogens with two attached hydrogens (primary N) is 1. The standard InChI is InChI=1S/C19H21N3O/c20-18-12-22(11-17(18)13-4-2-1-3-5-13)19(23)14-6-7-15-9-21-10-16(15)8-14/h1-8,17-18,21H,9-12,20H2/t17-,18+/m0/s1. The molecule has 1 fully saturated rings. The van der Waals surface area contributed by atoms with Crippen LogP contribution in [0.5, 0.6) is 0 Å². The number of nitrogens with zero attached hydrogens (tertiary/aromatic N) is 1. The van der Waals surface area contributed by atoms with E-state index in [1.165, 1.54) is 16.7 Å². The molecular formula is C19H21N3O. The van der Waals surface area contributed by atoms with Crippen molar-refractivity contribution >= 4 is 5.91 Å². The topological polar surface area (TPSA) is 58.4 Å². The Hall–Kier alpha value is -2.17. The number of likely N-dealkylation sites (tertiary alicyclic amines) is 1. The van der Waals surface area contributed by atoms with Crippen molar-refractivity contribution in [3.8, 4) is 0 Å². The van der Waals surface area contributed by atoms with Crippen LogP contribution in [0.4, 0.5) is 0 Å². The predicted octanol–water partition coefficient (Wildman–Crippen LogP) is 1.86. The second-order valence-corrected chi connectivity index (χ2v) is 6.48. The van der Waals surface area contributed by atoms with Gasteiger partial charge in [0.2, 0.25) is 0 Å². The summed E-state index contributed by atoms with van der Waals surface area (Å²) in [4.78, 5) is 14.7. The molecule has 0 spiro atoms. The van der Waals surface area contributed by atoms with Gasteiger partial charge in [-0.15, -0.1) is 0 Å². The maximum Gasteiger partial charge on any atom is 0.253 e. The second kappa shape index (κ2) is 5.80. The molecule has 4 heteroatoms.